The molecule has 1 aromatic heterocycles. The van der Waals surface area contributed by atoms with Crippen LogP contribution in [-0.2, 0) is 11.3 Å². The van der Waals surface area contributed by atoms with E-state index < -0.39 is 29.7 Å². The van der Waals surface area contributed by atoms with Crippen LogP contribution in [0.15, 0.2) is 77.8 Å². The van der Waals surface area contributed by atoms with E-state index in [2.05, 4.69) is 25.6 Å². The van der Waals surface area contributed by atoms with Crippen LogP contribution in [0.25, 0.3) is 0 Å². The van der Waals surface area contributed by atoms with Gasteiger partial charge in [0.2, 0.25) is 6.17 Å². The highest BCUT2D eigenvalue weighted by molar-refractivity contribution is 6.25. The summed E-state index contributed by atoms with van der Waals surface area (Å²) in [4.78, 5) is 47.4. The highest BCUT2D eigenvalue weighted by Crippen LogP contribution is 2.33. The molecule has 36 heavy (non-hydrogen) atoms. The van der Waals surface area contributed by atoms with Crippen LogP contribution in [-0.4, -0.2) is 55.1 Å². The molecule has 1 atom stereocenters. The molecule has 0 fully saturated rings. The summed E-state index contributed by atoms with van der Waals surface area (Å²) in [6.45, 7) is -0.0947. The van der Waals surface area contributed by atoms with Gasteiger partial charge in [-0.2, -0.15) is 0 Å². The molecule has 0 aliphatic carbocycles. The molecule has 0 saturated heterocycles. The molecule has 4 aromatic rings. The Balaban J connectivity index is 1.57. The Hall–Kier alpha value is -5.06. The average Bonchev–Trinajstić information content (AvgIpc) is 3.48. The normalized spacial score (nSPS) is 17.1. The van der Waals surface area contributed by atoms with Gasteiger partial charge >= 0.3 is 0 Å². The second kappa shape index (κ2) is 8.31. The number of amides is 3. The number of aromatic nitrogens is 4. The molecule has 0 unspecified atom stereocenters. The first-order chi connectivity index (χ1) is 17.5. The van der Waals surface area contributed by atoms with Crippen LogP contribution >= 0.6 is 0 Å². The smallest absolute Gasteiger partial charge is 0.273 e. The summed E-state index contributed by atoms with van der Waals surface area (Å²) < 4.78 is 15.0. The monoisotopic (exact) mass is 481 g/mol. The van der Waals surface area contributed by atoms with Crippen LogP contribution in [0.4, 0.5) is 10.1 Å². The van der Waals surface area contributed by atoms with E-state index in [0.717, 1.165) is 4.90 Å². The van der Waals surface area contributed by atoms with Gasteiger partial charge < -0.3 is 4.90 Å². The average molecular weight is 481 g/mol. The Morgan fingerprint density at radius 2 is 1.42 bits per heavy atom. The number of tetrazole rings is 1. The zero-order chi connectivity index (χ0) is 24.8. The molecule has 0 bridgehead atoms. The highest BCUT2D eigenvalue weighted by Gasteiger charge is 2.46. The minimum absolute atomic E-state index is 0.0947. The number of rotatable bonds is 4. The molecule has 10 nitrogen and oxygen atoms in total. The van der Waals surface area contributed by atoms with Crippen molar-refractivity contribution < 1.29 is 18.8 Å². The van der Waals surface area contributed by atoms with E-state index in [9.17, 15) is 14.4 Å². The van der Waals surface area contributed by atoms with Gasteiger partial charge in [-0.05, 0) is 40.8 Å². The second-order valence-electron chi connectivity index (χ2n) is 8.15. The van der Waals surface area contributed by atoms with Crippen molar-refractivity contribution in [3.05, 3.63) is 107 Å². The third kappa shape index (κ3) is 3.28. The molecular weight excluding hydrogens is 465 g/mol. The molecule has 176 valence electrons. The van der Waals surface area contributed by atoms with Gasteiger partial charge in [-0.25, -0.2) is 19.4 Å². The minimum atomic E-state index is -1.59. The van der Waals surface area contributed by atoms with Gasteiger partial charge in [-0.1, -0.05) is 42.5 Å². The highest BCUT2D eigenvalue weighted by atomic mass is 19.1. The van der Waals surface area contributed by atoms with Crippen molar-refractivity contribution in [1.82, 2.24) is 25.5 Å². The van der Waals surface area contributed by atoms with E-state index in [4.69, 9.17) is 0 Å². The first-order valence-corrected chi connectivity index (χ1v) is 11.0. The van der Waals surface area contributed by atoms with Crippen LogP contribution in [0.5, 0.6) is 0 Å². The molecular formula is C25H16FN7O3. The SMILES string of the molecule is O=C1[C@H](N2C(=O)c3ccccc3C2=O)N=C(c2ccccc2F)c2ccccc2N1Cc1nnn[nH]1. The summed E-state index contributed by atoms with van der Waals surface area (Å²) in [6.07, 6.45) is -1.59. The number of hydrogen-bond donors (Lipinski definition) is 1. The molecule has 0 radical (unpaired) electrons. The maximum Gasteiger partial charge on any atom is 0.273 e. The third-order valence-electron chi connectivity index (χ3n) is 6.08. The molecule has 6 rings (SSSR count). The van der Waals surface area contributed by atoms with Gasteiger partial charge in [0, 0.05) is 11.1 Å². The lowest BCUT2D eigenvalue weighted by Crippen LogP contribution is -2.49. The van der Waals surface area contributed by atoms with Crippen molar-refractivity contribution in [3.63, 3.8) is 0 Å². The number of aromatic amines is 1. The lowest BCUT2D eigenvalue weighted by Gasteiger charge is -2.27. The summed E-state index contributed by atoms with van der Waals surface area (Å²) in [5.41, 5.74) is 1.46. The topological polar surface area (TPSA) is 125 Å². The number of para-hydroxylation sites is 1. The summed E-state index contributed by atoms with van der Waals surface area (Å²) in [5.74, 6) is -2.27. The number of halogens is 1. The van der Waals surface area contributed by atoms with Gasteiger partial charge in [0.05, 0.1) is 29.1 Å². The fraction of sp³-hybridized carbons (Fsp3) is 0.0800. The van der Waals surface area contributed by atoms with Gasteiger partial charge in [0.25, 0.3) is 17.7 Å². The van der Waals surface area contributed by atoms with Crippen molar-refractivity contribution in [2.24, 2.45) is 4.99 Å². The maximum atomic E-state index is 15.0. The van der Waals surface area contributed by atoms with Crippen molar-refractivity contribution >= 4 is 29.1 Å². The number of imide groups is 1. The van der Waals surface area contributed by atoms with Crippen LogP contribution in [0.2, 0.25) is 0 Å². The maximum absolute atomic E-state index is 15.0. The van der Waals surface area contributed by atoms with Gasteiger partial charge in [-0.3, -0.25) is 14.4 Å². The Morgan fingerprint density at radius 1 is 0.806 bits per heavy atom. The van der Waals surface area contributed by atoms with Crippen LogP contribution in [0.3, 0.4) is 0 Å². The van der Waals surface area contributed by atoms with Crippen molar-refractivity contribution in [2.75, 3.05) is 4.90 Å². The Kier molecular flexibility index (Phi) is 4.95. The number of nitrogens with zero attached hydrogens (tertiary/aromatic N) is 6. The zero-order valence-corrected chi connectivity index (χ0v) is 18.5. The number of hydrogen-bond acceptors (Lipinski definition) is 7. The molecule has 3 amide bonds. The molecule has 0 saturated carbocycles. The lowest BCUT2D eigenvalue weighted by molar-refractivity contribution is -0.122. The Bertz CT molecular complexity index is 1530. The molecule has 1 N–H and O–H groups in total. The minimum Gasteiger partial charge on any atom is -0.301 e. The largest absolute Gasteiger partial charge is 0.301 e. The van der Waals surface area contributed by atoms with E-state index in [1.807, 2.05) is 0 Å². The Labute approximate surface area is 203 Å². The molecule has 2 aliphatic heterocycles. The van der Waals surface area contributed by atoms with Gasteiger partial charge in [0.15, 0.2) is 5.82 Å². The van der Waals surface area contributed by atoms with Gasteiger partial charge in [0.1, 0.15) is 5.82 Å². The summed E-state index contributed by atoms with van der Waals surface area (Å²) in [6, 6.07) is 19.1. The van der Waals surface area contributed by atoms with Crippen molar-refractivity contribution in [3.8, 4) is 0 Å². The number of aliphatic imine (C=N–C) groups is 1. The number of carbonyl (C=O) groups is 3. The van der Waals surface area contributed by atoms with E-state index in [0.29, 0.717) is 11.3 Å². The van der Waals surface area contributed by atoms with Crippen LogP contribution < -0.4 is 4.90 Å². The predicted molar refractivity (Wildman–Crippen MR) is 125 cm³/mol. The quantitative estimate of drug-likeness (QED) is 0.446. The lowest BCUT2D eigenvalue weighted by atomic mass is 9.99. The van der Waals surface area contributed by atoms with E-state index in [-0.39, 0.29) is 34.8 Å². The number of fused-ring (bicyclic) bond motifs is 2. The molecule has 3 heterocycles. The van der Waals surface area contributed by atoms with Crippen molar-refractivity contribution in [2.45, 2.75) is 12.7 Å². The van der Waals surface area contributed by atoms with E-state index >= 15 is 4.39 Å². The summed E-state index contributed by atoms with van der Waals surface area (Å²) in [7, 11) is 0. The molecule has 11 heteroatoms. The fourth-order valence-electron chi connectivity index (χ4n) is 4.44. The standard InChI is InChI=1S/C25H16FN7O3/c26-18-11-5-3-9-16(18)21-17-10-4-6-12-19(17)32(13-20-28-30-31-29-20)25(36)22(27-21)33-23(34)14-7-1-2-8-15(14)24(33)35/h1-12,22H,13H2,(H,28,29,30,31)/t22-/m0/s1. The number of anilines is 1. The van der Waals surface area contributed by atoms with E-state index in [1.165, 1.54) is 35.2 Å². The van der Waals surface area contributed by atoms with E-state index in [1.54, 1.807) is 42.5 Å². The molecule has 0 spiro atoms. The zero-order valence-electron chi connectivity index (χ0n) is 18.5. The Morgan fingerprint density at radius 3 is 2.06 bits per heavy atom. The van der Waals surface area contributed by atoms with Crippen LogP contribution in [0.1, 0.15) is 37.7 Å². The number of nitrogens with one attached hydrogen (secondary N) is 1. The molecule has 2 aliphatic rings. The third-order valence-corrected chi connectivity index (χ3v) is 6.08. The second-order valence-corrected chi connectivity index (χ2v) is 8.15. The van der Waals surface area contributed by atoms with Gasteiger partial charge in [-0.15, -0.1) is 5.10 Å². The number of benzodiazepines with no additional fused rings is 1. The van der Waals surface area contributed by atoms with Crippen molar-refractivity contribution in [1.29, 1.82) is 0 Å². The first-order valence-electron chi connectivity index (χ1n) is 11.0. The predicted octanol–water partition coefficient (Wildman–Crippen LogP) is 2.35. The molecule has 3 aromatic carbocycles. The fourth-order valence-corrected chi connectivity index (χ4v) is 4.44. The number of carbonyl (C=O) groups excluding carboxylic acids is 3. The number of benzene rings is 3. The summed E-state index contributed by atoms with van der Waals surface area (Å²) >= 11 is 0. The number of H-pyrrole nitrogens is 1. The van der Waals surface area contributed by atoms with Crippen LogP contribution in [0, 0.1) is 5.82 Å². The summed E-state index contributed by atoms with van der Waals surface area (Å²) in [5, 5.41) is 13.6. The first kappa shape index (κ1) is 21.5.